The van der Waals surface area contributed by atoms with Crippen molar-refractivity contribution in [2.24, 2.45) is 0 Å². The van der Waals surface area contributed by atoms with E-state index < -0.39 is 4.92 Å². The van der Waals surface area contributed by atoms with E-state index in [2.05, 4.69) is 15.3 Å². The quantitative estimate of drug-likeness (QED) is 0.592. The molecule has 0 bridgehead atoms. The lowest BCUT2D eigenvalue weighted by Crippen LogP contribution is -2.12. The monoisotopic (exact) mass is 308 g/mol. The maximum absolute atomic E-state index is 12.3. The lowest BCUT2D eigenvalue weighted by Gasteiger charge is -2.09. The number of amides is 1. The van der Waals surface area contributed by atoms with Gasteiger partial charge in [0.25, 0.3) is 11.6 Å². The highest BCUT2D eigenvalue weighted by molar-refractivity contribution is 6.08. The molecule has 23 heavy (non-hydrogen) atoms. The SMILES string of the molecule is Cc1cc(NC(=O)c2ccncc2)c2cc([N+](=O)[O-])ccc2n1. The first-order valence-corrected chi connectivity index (χ1v) is 6.82. The number of hydrogen-bond acceptors (Lipinski definition) is 5. The second-order valence-electron chi connectivity index (χ2n) is 4.96. The van der Waals surface area contributed by atoms with E-state index in [9.17, 15) is 14.9 Å². The van der Waals surface area contributed by atoms with E-state index in [1.54, 1.807) is 31.2 Å². The highest BCUT2D eigenvalue weighted by Crippen LogP contribution is 2.27. The molecule has 1 amide bonds. The van der Waals surface area contributed by atoms with Gasteiger partial charge in [-0.25, -0.2) is 0 Å². The topological polar surface area (TPSA) is 98.0 Å². The highest BCUT2D eigenvalue weighted by Gasteiger charge is 2.13. The Hall–Kier alpha value is -3.35. The largest absolute Gasteiger partial charge is 0.321 e. The normalized spacial score (nSPS) is 10.5. The van der Waals surface area contributed by atoms with Crippen LogP contribution in [0.4, 0.5) is 11.4 Å². The van der Waals surface area contributed by atoms with Crippen LogP contribution in [0.3, 0.4) is 0 Å². The number of nitrogens with zero attached hydrogens (tertiary/aromatic N) is 3. The Morgan fingerprint density at radius 1 is 1.17 bits per heavy atom. The number of carbonyl (C=O) groups excluding carboxylic acids is 1. The molecule has 0 saturated carbocycles. The molecule has 0 saturated heterocycles. The predicted octanol–water partition coefficient (Wildman–Crippen LogP) is 3.10. The Balaban J connectivity index is 2.07. The number of anilines is 1. The summed E-state index contributed by atoms with van der Waals surface area (Å²) in [4.78, 5) is 31.0. The third kappa shape index (κ3) is 2.98. The van der Waals surface area contributed by atoms with Crippen LogP contribution in [0.15, 0.2) is 48.8 Å². The number of non-ortho nitro benzene ring substituents is 1. The van der Waals surface area contributed by atoms with E-state index in [-0.39, 0.29) is 11.6 Å². The van der Waals surface area contributed by atoms with Gasteiger partial charge in [-0.2, -0.15) is 0 Å². The zero-order chi connectivity index (χ0) is 16.4. The highest BCUT2D eigenvalue weighted by atomic mass is 16.6. The number of hydrogen-bond donors (Lipinski definition) is 1. The van der Waals surface area contributed by atoms with Crippen molar-refractivity contribution in [1.82, 2.24) is 9.97 Å². The molecule has 0 fully saturated rings. The molecule has 2 heterocycles. The number of carbonyl (C=O) groups is 1. The number of nitro benzene ring substituents is 1. The molecule has 7 nitrogen and oxygen atoms in total. The van der Waals surface area contributed by atoms with E-state index in [4.69, 9.17) is 0 Å². The van der Waals surface area contributed by atoms with Gasteiger partial charge in [0.2, 0.25) is 0 Å². The average molecular weight is 308 g/mol. The smallest absolute Gasteiger partial charge is 0.270 e. The molecule has 2 aromatic heterocycles. The van der Waals surface area contributed by atoms with Gasteiger partial charge in [-0.1, -0.05) is 0 Å². The first-order chi connectivity index (χ1) is 11.0. The number of nitro groups is 1. The molecule has 0 aliphatic carbocycles. The van der Waals surface area contributed by atoms with Gasteiger partial charge in [0.15, 0.2) is 0 Å². The number of benzene rings is 1. The van der Waals surface area contributed by atoms with Crippen LogP contribution in [0.2, 0.25) is 0 Å². The van der Waals surface area contributed by atoms with Crippen LogP contribution in [0.25, 0.3) is 10.9 Å². The zero-order valence-corrected chi connectivity index (χ0v) is 12.2. The van der Waals surface area contributed by atoms with Crippen LogP contribution in [0, 0.1) is 17.0 Å². The first kappa shape index (κ1) is 14.6. The number of fused-ring (bicyclic) bond motifs is 1. The molecule has 0 atom stereocenters. The van der Waals surface area contributed by atoms with Crippen molar-refractivity contribution in [3.63, 3.8) is 0 Å². The Morgan fingerprint density at radius 2 is 1.91 bits per heavy atom. The lowest BCUT2D eigenvalue weighted by molar-refractivity contribution is -0.384. The van der Waals surface area contributed by atoms with E-state index in [1.807, 2.05) is 0 Å². The summed E-state index contributed by atoms with van der Waals surface area (Å²) in [6.07, 6.45) is 3.05. The van der Waals surface area contributed by atoms with Gasteiger partial charge < -0.3 is 5.32 Å². The molecule has 1 N–H and O–H groups in total. The molecule has 0 aliphatic rings. The zero-order valence-electron chi connectivity index (χ0n) is 12.2. The van der Waals surface area contributed by atoms with Crippen molar-refractivity contribution in [2.45, 2.75) is 6.92 Å². The average Bonchev–Trinajstić information content (AvgIpc) is 2.55. The fourth-order valence-corrected chi connectivity index (χ4v) is 2.26. The Labute approximate surface area is 131 Å². The van der Waals surface area contributed by atoms with Crippen LogP contribution in [-0.2, 0) is 0 Å². The molecular weight excluding hydrogens is 296 g/mol. The lowest BCUT2D eigenvalue weighted by atomic mass is 10.1. The number of pyridine rings is 2. The fraction of sp³-hybridized carbons (Fsp3) is 0.0625. The van der Waals surface area contributed by atoms with Crippen molar-refractivity contribution < 1.29 is 9.72 Å². The number of aryl methyl sites for hydroxylation is 1. The van der Waals surface area contributed by atoms with Crippen molar-refractivity contribution >= 4 is 28.2 Å². The molecule has 7 heteroatoms. The molecule has 1 aromatic carbocycles. The second-order valence-corrected chi connectivity index (χ2v) is 4.96. The minimum atomic E-state index is -0.478. The Morgan fingerprint density at radius 3 is 2.61 bits per heavy atom. The van der Waals surface area contributed by atoms with Crippen molar-refractivity contribution in [3.05, 3.63) is 70.2 Å². The van der Waals surface area contributed by atoms with Gasteiger partial charge in [-0.05, 0) is 31.2 Å². The predicted molar refractivity (Wildman–Crippen MR) is 85.3 cm³/mol. The van der Waals surface area contributed by atoms with Gasteiger partial charge in [-0.3, -0.25) is 24.9 Å². The third-order valence-electron chi connectivity index (χ3n) is 3.32. The molecular formula is C16H12N4O3. The minimum Gasteiger partial charge on any atom is -0.321 e. The van der Waals surface area contributed by atoms with E-state index in [0.717, 1.165) is 0 Å². The van der Waals surface area contributed by atoms with Crippen LogP contribution in [0.1, 0.15) is 16.1 Å². The van der Waals surface area contributed by atoms with E-state index in [1.165, 1.54) is 24.5 Å². The standard InChI is InChI=1S/C16H12N4O3/c1-10-8-15(19-16(21)11-4-6-17-7-5-11)13-9-12(20(22)23)2-3-14(13)18-10/h2-9H,1H3,(H,18,19,21). The van der Waals surface area contributed by atoms with Crippen molar-refractivity contribution in [2.75, 3.05) is 5.32 Å². The molecule has 0 aliphatic heterocycles. The molecule has 0 radical (unpaired) electrons. The van der Waals surface area contributed by atoms with Gasteiger partial charge in [-0.15, -0.1) is 0 Å². The number of aromatic nitrogens is 2. The van der Waals surface area contributed by atoms with E-state index in [0.29, 0.717) is 27.8 Å². The number of nitrogens with one attached hydrogen (secondary N) is 1. The van der Waals surface area contributed by atoms with Crippen LogP contribution < -0.4 is 5.32 Å². The summed E-state index contributed by atoms with van der Waals surface area (Å²) in [5.41, 5.74) is 2.17. The minimum absolute atomic E-state index is 0.0532. The Bertz CT molecular complexity index is 910. The van der Waals surface area contributed by atoms with Crippen LogP contribution in [0.5, 0.6) is 0 Å². The number of rotatable bonds is 3. The second kappa shape index (κ2) is 5.80. The van der Waals surface area contributed by atoms with Crippen molar-refractivity contribution in [3.8, 4) is 0 Å². The molecule has 0 spiro atoms. The van der Waals surface area contributed by atoms with E-state index >= 15 is 0 Å². The first-order valence-electron chi connectivity index (χ1n) is 6.82. The maximum atomic E-state index is 12.3. The maximum Gasteiger partial charge on any atom is 0.270 e. The van der Waals surface area contributed by atoms with Gasteiger partial charge in [0.05, 0.1) is 16.1 Å². The van der Waals surface area contributed by atoms with Crippen molar-refractivity contribution in [1.29, 1.82) is 0 Å². The Kier molecular flexibility index (Phi) is 3.68. The summed E-state index contributed by atoms with van der Waals surface area (Å²) in [6.45, 7) is 1.79. The summed E-state index contributed by atoms with van der Waals surface area (Å²) < 4.78 is 0. The summed E-state index contributed by atoms with van der Waals surface area (Å²) in [7, 11) is 0. The van der Waals surface area contributed by atoms with Gasteiger partial charge >= 0.3 is 0 Å². The third-order valence-corrected chi connectivity index (χ3v) is 3.32. The van der Waals surface area contributed by atoms with Gasteiger partial charge in [0, 0.05) is 41.2 Å². The summed E-state index contributed by atoms with van der Waals surface area (Å²) in [5, 5.41) is 14.3. The summed E-state index contributed by atoms with van der Waals surface area (Å²) >= 11 is 0. The van der Waals surface area contributed by atoms with Gasteiger partial charge in [0.1, 0.15) is 0 Å². The fourth-order valence-electron chi connectivity index (χ4n) is 2.26. The molecule has 114 valence electrons. The summed E-state index contributed by atoms with van der Waals surface area (Å²) in [5.74, 6) is -0.314. The molecule has 3 aromatic rings. The molecule has 0 unspecified atom stereocenters. The summed E-state index contributed by atoms with van der Waals surface area (Å²) in [6, 6.07) is 9.24. The molecule has 3 rings (SSSR count). The van der Waals surface area contributed by atoms with Crippen LogP contribution >= 0.6 is 0 Å². The van der Waals surface area contributed by atoms with Crippen LogP contribution in [-0.4, -0.2) is 20.8 Å².